The first-order chi connectivity index (χ1) is 57.0. The lowest BCUT2D eigenvalue weighted by molar-refractivity contribution is -0.270. The summed E-state index contributed by atoms with van der Waals surface area (Å²) in [4.78, 5) is 145. The lowest BCUT2D eigenvalue weighted by Crippen LogP contribution is -2.64. The summed E-state index contributed by atoms with van der Waals surface area (Å²) in [5, 5.41) is 122. The molecule has 39 nitrogen and oxygen atoms in total. The number of hydrogen-bond acceptors (Lipinski definition) is 28. The van der Waals surface area contributed by atoms with Crippen molar-refractivity contribution in [2.75, 3.05) is 98.5 Å². The molecule has 4 fully saturated rings. The fraction of sp³-hybridized carbons (Fsp3) is 0.864. The van der Waals surface area contributed by atoms with Crippen LogP contribution in [0.25, 0.3) is 0 Å². The number of carbonyl (C=O) groups is 11. The second-order valence-corrected chi connectivity index (χ2v) is 33.2. The Kier molecular flexibility index (Phi) is 50.4. The summed E-state index contributed by atoms with van der Waals surface area (Å²) in [7, 11) is 0. The molecule has 0 spiro atoms. The van der Waals surface area contributed by atoms with Gasteiger partial charge in [0, 0.05) is 119 Å². The molecule has 3 aliphatic heterocycles. The van der Waals surface area contributed by atoms with E-state index in [1.54, 1.807) is 0 Å². The van der Waals surface area contributed by atoms with Crippen molar-refractivity contribution in [1.29, 1.82) is 0 Å². The molecule has 18 atom stereocenters. The fourth-order valence-corrected chi connectivity index (χ4v) is 14.6. The fourth-order valence-electron chi connectivity index (χ4n) is 14.6. The molecular formula is C81H146N12O27. The van der Waals surface area contributed by atoms with Crippen molar-refractivity contribution in [2.24, 2.45) is 11.8 Å². The van der Waals surface area contributed by atoms with Crippen molar-refractivity contribution in [3.8, 4) is 0 Å². The van der Waals surface area contributed by atoms with Gasteiger partial charge in [0.15, 0.2) is 18.9 Å². The number of amides is 11. The first-order valence-corrected chi connectivity index (χ1v) is 43.2. The van der Waals surface area contributed by atoms with Crippen LogP contribution in [0.5, 0.6) is 0 Å². The van der Waals surface area contributed by atoms with Crippen LogP contribution in [-0.2, 0) is 85.9 Å². The van der Waals surface area contributed by atoms with Crippen molar-refractivity contribution in [2.45, 2.75) is 338 Å². The van der Waals surface area contributed by atoms with Gasteiger partial charge in [-0.1, -0.05) is 46.0 Å². The van der Waals surface area contributed by atoms with E-state index >= 15 is 0 Å². The maximum absolute atomic E-state index is 14.5. The molecule has 11 amide bonds. The lowest BCUT2D eigenvalue weighted by atomic mass is 9.79. The minimum Gasteiger partial charge on any atom is -0.394 e. The molecule has 1 saturated carbocycles. The van der Waals surface area contributed by atoms with Gasteiger partial charge in [0.2, 0.25) is 65.0 Å². The molecule has 0 radical (unpaired) electrons. The van der Waals surface area contributed by atoms with Crippen molar-refractivity contribution in [1.82, 2.24) is 63.4 Å². The average molecular weight is 1720 g/mol. The highest BCUT2D eigenvalue weighted by Gasteiger charge is 2.49. The molecule has 0 bridgehead atoms. The Morgan fingerprint density at radius 2 is 0.750 bits per heavy atom. The van der Waals surface area contributed by atoms with Gasteiger partial charge in [0.25, 0.3) is 0 Å². The topological polar surface area (TPSA) is 570 Å². The Labute approximate surface area is 705 Å². The smallest absolute Gasteiger partial charge is 0.237 e. The van der Waals surface area contributed by atoms with Gasteiger partial charge in [0.05, 0.1) is 56.2 Å². The monoisotopic (exact) mass is 1720 g/mol. The number of aliphatic hydroxyl groups excluding tert-OH is 9. The molecule has 17 unspecified atom stereocenters. The summed E-state index contributed by atoms with van der Waals surface area (Å²) in [6, 6.07) is -4.37. The molecule has 39 heteroatoms. The van der Waals surface area contributed by atoms with E-state index in [2.05, 4.69) is 72.3 Å². The summed E-state index contributed by atoms with van der Waals surface area (Å²) in [5.74, 6) is -3.20. The molecule has 20 N–H and O–H groups in total. The summed E-state index contributed by atoms with van der Waals surface area (Å²) in [5.41, 5.74) is -1.40. The predicted molar refractivity (Wildman–Crippen MR) is 435 cm³/mol. The van der Waals surface area contributed by atoms with Gasteiger partial charge in [-0.2, -0.15) is 0 Å². The zero-order valence-electron chi connectivity index (χ0n) is 72.1. The molecule has 0 aromatic rings. The van der Waals surface area contributed by atoms with Crippen LogP contribution >= 0.6 is 0 Å². The van der Waals surface area contributed by atoms with Crippen LogP contribution in [0.4, 0.5) is 0 Å². The predicted octanol–water partition coefficient (Wildman–Crippen LogP) is -2.55. The summed E-state index contributed by atoms with van der Waals surface area (Å²) < 4.78 is 40.8. The Balaban J connectivity index is 1.37. The van der Waals surface area contributed by atoms with E-state index in [0.717, 1.165) is 19.3 Å². The Morgan fingerprint density at radius 1 is 0.408 bits per heavy atom. The van der Waals surface area contributed by atoms with Crippen molar-refractivity contribution >= 4 is 65.0 Å². The molecule has 120 heavy (non-hydrogen) atoms. The number of carbonyl (C=O) groups excluding carboxylic acids is 11. The van der Waals surface area contributed by atoms with Gasteiger partial charge in [-0.3, -0.25) is 57.6 Å². The third-order valence-corrected chi connectivity index (χ3v) is 22.2. The summed E-state index contributed by atoms with van der Waals surface area (Å²) >= 11 is 0. The highest BCUT2D eigenvalue weighted by atomic mass is 16.7. The Morgan fingerprint density at radius 3 is 1.11 bits per heavy atom. The maximum Gasteiger partial charge on any atom is 0.237 e. The van der Waals surface area contributed by atoms with E-state index in [4.69, 9.17) is 33.2 Å². The van der Waals surface area contributed by atoms with E-state index in [-0.39, 0.29) is 153 Å². The van der Waals surface area contributed by atoms with Gasteiger partial charge in [-0.25, -0.2) is 0 Å². The highest BCUT2D eigenvalue weighted by Crippen LogP contribution is 2.37. The van der Waals surface area contributed by atoms with E-state index in [1.165, 1.54) is 32.1 Å². The van der Waals surface area contributed by atoms with Crippen molar-refractivity contribution in [3.05, 3.63) is 0 Å². The number of nitrogens with one attached hydrogen (secondary N) is 11. The van der Waals surface area contributed by atoms with E-state index in [9.17, 15) is 98.7 Å². The zero-order valence-corrected chi connectivity index (χ0v) is 72.1. The second kappa shape index (κ2) is 57.1. The van der Waals surface area contributed by atoms with E-state index in [1.807, 2.05) is 27.7 Å². The molecule has 3 heterocycles. The first-order valence-electron chi connectivity index (χ1n) is 43.2. The van der Waals surface area contributed by atoms with Crippen LogP contribution in [0.2, 0.25) is 0 Å². The lowest BCUT2D eigenvalue weighted by Gasteiger charge is -2.45. The van der Waals surface area contributed by atoms with Crippen LogP contribution in [0.1, 0.15) is 223 Å². The standard InChI is InChI=1S/C81H146N12O27/c1-50(2)54-26-21-27-55(44-54)120-81(8,9)80(6,7)92-64(104)33-22-32-63(103)82-34-17-16-28-56(76(113)88-40-25-37-85-62(102)31-15-12-20-43-116-79-69(91-53(5)99)75(112)72(109)59(49-96)119-79)93(45-65(105)86-38-23-35-83-60(100)29-13-10-18-41-114-77-67(89-51(3)97)73(110)70(107)57(47-94)117-77)46-66(106)87-39-24-36-84-61(101)30-14-11-19-42-115-78-68(90-52(4)98)74(111)71(108)58(48-95)118-78/h50,54-59,67-75,77-79,94-96,107-112H,10-49H2,1-9H3,(H,82,103)(H,83,100)(H,84,101)(H,85,102)(H,86,105)(H,87,106)(H,88,113)(H,89,97)(H,90,98)(H,91,99)(H,92,104)/t54?,55?,56?,57?,58?,59?,67-,68?,69?,70?,71?,72?,73?,74?,75?,77?,78?,79?/m0/s1. The van der Waals surface area contributed by atoms with Crippen LogP contribution in [-0.4, -0.2) is 330 Å². The Bertz CT molecular complexity index is 2980. The van der Waals surface area contributed by atoms with Crippen molar-refractivity contribution in [3.63, 3.8) is 0 Å². The summed E-state index contributed by atoms with van der Waals surface area (Å²) in [6.45, 7) is 14.8. The van der Waals surface area contributed by atoms with E-state index in [0.29, 0.717) is 95.3 Å². The number of hydrogen-bond donors (Lipinski definition) is 20. The third-order valence-electron chi connectivity index (χ3n) is 22.2. The minimum atomic E-state index is -1.46. The number of aliphatic hydroxyl groups is 9. The van der Waals surface area contributed by atoms with Gasteiger partial charge in [-0.05, 0) is 136 Å². The zero-order chi connectivity index (χ0) is 88.9. The van der Waals surface area contributed by atoms with Crippen LogP contribution in [0, 0.1) is 11.8 Å². The molecule has 1 aliphatic carbocycles. The molecule has 0 aromatic carbocycles. The van der Waals surface area contributed by atoms with Gasteiger partial charge < -0.3 is 138 Å². The first kappa shape index (κ1) is 106. The quantitative estimate of drug-likeness (QED) is 0.0279. The SMILES string of the molecule is CC(=O)NC1C(OCCCCCC(=O)NCCCNC(=O)CN(CC(=O)NCCCNC(=O)CCCCCOC2OC(CO)C(O)C(O)[C@@H]2NC(C)=O)C(CCCCNC(=O)CCCC(=O)NC(C)(C)C(C)(C)OC2CCCC(C(C)C)C2)C(=O)NCCCNC(=O)CCCCCOC2OC(CO)C(O)C(O)C2NC(C)=O)OC(CO)C(O)C1O. The largest absolute Gasteiger partial charge is 0.394 e. The molecule has 692 valence electrons. The van der Waals surface area contributed by atoms with Crippen LogP contribution < -0.4 is 58.5 Å². The average Bonchev–Trinajstić information content (AvgIpc) is 0.804. The Hall–Kier alpha value is -6.51. The number of ether oxygens (including phenoxy) is 7. The molecular weight excluding hydrogens is 1570 g/mol. The van der Waals surface area contributed by atoms with Crippen molar-refractivity contribution < 1.29 is 132 Å². The van der Waals surface area contributed by atoms with Gasteiger partial charge in [0.1, 0.15) is 73.1 Å². The normalized spacial score (nSPS) is 25.4. The highest BCUT2D eigenvalue weighted by molar-refractivity contribution is 5.86. The number of nitrogens with zero attached hydrogens (tertiary/aromatic N) is 1. The molecule has 4 rings (SSSR count). The number of rotatable bonds is 59. The van der Waals surface area contributed by atoms with Gasteiger partial charge >= 0.3 is 0 Å². The summed E-state index contributed by atoms with van der Waals surface area (Å²) in [6.07, 6.45) is -4.21. The third kappa shape index (κ3) is 39.6. The molecule has 0 aromatic heterocycles. The van der Waals surface area contributed by atoms with Crippen LogP contribution in [0.15, 0.2) is 0 Å². The maximum atomic E-state index is 14.5. The van der Waals surface area contributed by atoms with E-state index < -0.39 is 177 Å². The minimum absolute atomic E-state index is 0.0716. The molecule has 3 saturated heterocycles. The van der Waals surface area contributed by atoms with Crippen LogP contribution in [0.3, 0.4) is 0 Å². The van der Waals surface area contributed by atoms with Gasteiger partial charge in [-0.15, -0.1) is 0 Å². The molecule has 4 aliphatic rings. The second-order valence-electron chi connectivity index (χ2n) is 33.2. The number of unbranched alkanes of at least 4 members (excludes halogenated alkanes) is 7.